The standard InChI is InChI=1S/C31H42N6O10/c1-29(2,3)35-27(45)34-12-10-9-11-13(20(12)38)21(39)15-14(18(11)32)22(40)17-19(37(7)8)23(41)16(26(33)44)25(43)31(17,24(15)42)47-28(46)36-30(4,5)6/h9-10,16-17,19,22,24,38-40,42H,32H2,1-8H3,(H2,33,44)(H,36,46)(H2,34,35,45)/t16?,17-,19+,22+,24?,31+/m1/s1. The van der Waals surface area contributed by atoms with Gasteiger partial charge in [0, 0.05) is 33.3 Å². The third kappa shape index (κ3) is 5.76. The monoisotopic (exact) mass is 658 g/mol. The molecule has 0 aliphatic heterocycles. The normalized spacial score (nSPS) is 26.0. The molecule has 0 saturated heterocycles. The summed E-state index contributed by atoms with van der Waals surface area (Å²) in [7, 11) is 2.82. The molecule has 16 nitrogen and oxygen atoms in total. The van der Waals surface area contributed by atoms with Crippen molar-refractivity contribution in [3.05, 3.63) is 23.3 Å². The van der Waals surface area contributed by atoms with E-state index in [1.165, 1.54) is 31.1 Å². The number of aromatic hydroxyl groups is 2. The van der Waals surface area contributed by atoms with Crippen LogP contribution in [0.25, 0.3) is 10.8 Å². The minimum absolute atomic E-state index is 0.0180. The molecule has 4 amide bonds. The van der Waals surface area contributed by atoms with Crippen molar-refractivity contribution >= 4 is 51.7 Å². The summed E-state index contributed by atoms with van der Waals surface area (Å²) >= 11 is 0. The fourth-order valence-electron chi connectivity index (χ4n) is 6.52. The number of urea groups is 1. The van der Waals surface area contributed by atoms with Crippen molar-refractivity contribution in [1.29, 1.82) is 0 Å². The number of benzene rings is 2. The maximum atomic E-state index is 14.3. The Bertz CT molecular complexity index is 1690. The number of nitrogens with zero attached hydrogens (tertiary/aromatic N) is 1. The maximum Gasteiger partial charge on any atom is 0.408 e. The van der Waals surface area contributed by atoms with Gasteiger partial charge in [-0.3, -0.25) is 19.3 Å². The molecule has 2 aliphatic carbocycles. The zero-order valence-corrected chi connectivity index (χ0v) is 27.4. The van der Waals surface area contributed by atoms with Crippen LogP contribution in [0.3, 0.4) is 0 Å². The number of fused-ring (bicyclic) bond motifs is 3. The molecule has 1 saturated carbocycles. The van der Waals surface area contributed by atoms with Crippen LogP contribution in [0.4, 0.5) is 21.0 Å². The van der Waals surface area contributed by atoms with Crippen LogP contribution >= 0.6 is 0 Å². The summed E-state index contributed by atoms with van der Waals surface area (Å²) in [4.78, 5) is 67.7. The number of aliphatic hydroxyl groups is 2. The second kappa shape index (κ2) is 11.5. The molecule has 11 N–H and O–H groups in total. The number of alkyl carbamates (subject to hydrolysis) is 1. The second-order valence-corrected chi connectivity index (χ2v) is 14.2. The van der Waals surface area contributed by atoms with Crippen molar-refractivity contribution in [3.8, 4) is 11.5 Å². The predicted octanol–water partition coefficient (Wildman–Crippen LogP) is 0.897. The molecule has 1 fully saturated rings. The van der Waals surface area contributed by atoms with Crippen LogP contribution in [-0.4, -0.2) is 91.7 Å². The van der Waals surface area contributed by atoms with Gasteiger partial charge in [0.15, 0.2) is 23.2 Å². The molecule has 0 heterocycles. The van der Waals surface area contributed by atoms with Gasteiger partial charge < -0.3 is 52.6 Å². The van der Waals surface area contributed by atoms with E-state index in [9.17, 15) is 44.4 Å². The van der Waals surface area contributed by atoms with E-state index in [1.54, 1.807) is 41.5 Å². The maximum absolute atomic E-state index is 14.3. The lowest BCUT2D eigenvalue weighted by molar-refractivity contribution is -0.202. The van der Waals surface area contributed by atoms with Crippen LogP contribution in [-0.2, 0) is 19.1 Å². The number of ketones is 2. The zero-order chi connectivity index (χ0) is 35.7. The molecule has 16 heteroatoms. The third-order valence-corrected chi connectivity index (χ3v) is 8.23. The largest absolute Gasteiger partial charge is 0.507 e. The fourth-order valence-corrected chi connectivity index (χ4v) is 6.52. The molecule has 0 bridgehead atoms. The molecule has 0 radical (unpaired) electrons. The first kappa shape index (κ1) is 35.2. The molecule has 2 aliphatic rings. The smallest absolute Gasteiger partial charge is 0.408 e. The number of nitrogens with two attached hydrogens (primary N) is 2. The molecule has 0 aromatic heterocycles. The Kier molecular flexibility index (Phi) is 8.64. The number of amides is 4. The van der Waals surface area contributed by atoms with Gasteiger partial charge in [0.05, 0.1) is 29.1 Å². The van der Waals surface area contributed by atoms with Crippen molar-refractivity contribution in [2.75, 3.05) is 25.1 Å². The molecule has 256 valence electrons. The first-order chi connectivity index (χ1) is 21.5. The van der Waals surface area contributed by atoms with Crippen LogP contribution in [0, 0.1) is 11.8 Å². The SMILES string of the molecule is CN(C)[C@@H]1C(=O)C(C(N)=O)C(=O)[C@@]2(OC(=O)NC(C)(C)C)C(O)c3c(c(N)c4ccc(NC(=O)NC(C)(C)C)c(O)c4c3O)[C@H](O)[C@@H]12. The predicted molar refractivity (Wildman–Crippen MR) is 169 cm³/mol. The number of anilines is 2. The van der Waals surface area contributed by atoms with Crippen LogP contribution in [0.5, 0.6) is 11.5 Å². The summed E-state index contributed by atoms with van der Waals surface area (Å²) in [6.07, 6.45) is -5.60. The number of likely N-dealkylation sites (N-methyl/N-ethyl adjacent to an activating group) is 1. The quantitative estimate of drug-likeness (QED) is 0.0960. The van der Waals surface area contributed by atoms with Gasteiger partial charge in [0.2, 0.25) is 11.5 Å². The fraction of sp³-hybridized carbons (Fsp3) is 0.516. The second-order valence-electron chi connectivity index (χ2n) is 14.2. The van der Waals surface area contributed by atoms with Crippen molar-refractivity contribution in [2.24, 2.45) is 17.6 Å². The molecule has 4 rings (SSSR count). The Labute approximate surface area is 270 Å². The number of hydrogen-bond donors (Lipinski definition) is 9. The molecule has 2 unspecified atom stereocenters. The number of aliphatic hydroxyl groups excluding tert-OH is 2. The van der Waals surface area contributed by atoms with Crippen LogP contribution in [0.1, 0.15) is 64.9 Å². The Hall–Kier alpha value is -4.67. The number of carbonyl (C=O) groups is 5. The molecular formula is C31H42N6O10. The molecule has 0 spiro atoms. The Morgan fingerprint density at radius 1 is 0.936 bits per heavy atom. The van der Waals surface area contributed by atoms with Gasteiger partial charge in [-0.1, -0.05) is 0 Å². The number of nitrogen functional groups attached to an aromatic ring is 1. The number of hydrogen-bond acceptors (Lipinski definition) is 12. The van der Waals surface area contributed by atoms with E-state index in [1.807, 2.05) is 0 Å². The number of carbonyl (C=O) groups excluding carboxylic acids is 5. The van der Waals surface area contributed by atoms with E-state index in [0.717, 1.165) is 0 Å². The summed E-state index contributed by atoms with van der Waals surface area (Å²) in [5.41, 5.74) is 6.19. The van der Waals surface area contributed by atoms with Crippen molar-refractivity contribution in [3.63, 3.8) is 0 Å². The van der Waals surface area contributed by atoms with Crippen molar-refractivity contribution < 1.29 is 49.1 Å². The lowest BCUT2D eigenvalue weighted by Crippen LogP contribution is -2.73. The highest BCUT2D eigenvalue weighted by atomic mass is 16.6. The van der Waals surface area contributed by atoms with E-state index in [2.05, 4.69) is 16.0 Å². The first-order valence-electron chi connectivity index (χ1n) is 14.8. The topological polar surface area (TPSA) is 267 Å². The minimum atomic E-state index is -2.89. The minimum Gasteiger partial charge on any atom is -0.507 e. The van der Waals surface area contributed by atoms with Crippen LogP contribution < -0.4 is 27.4 Å². The average Bonchev–Trinajstić information content (AvgIpc) is 2.89. The van der Waals surface area contributed by atoms with Gasteiger partial charge in [-0.05, 0) is 67.8 Å². The number of Topliss-reactive ketones (excluding diaryl/α,β-unsaturated/α-hetero) is 2. The first-order valence-corrected chi connectivity index (χ1v) is 14.8. The summed E-state index contributed by atoms with van der Waals surface area (Å²) in [5, 5.41) is 54.3. The Morgan fingerprint density at radius 3 is 2.02 bits per heavy atom. The molecule has 47 heavy (non-hydrogen) atoms. The van der Waals surface area contributed by atoms with E-state index >= 15 is 0 Å². The van der Waals surface area contributed by atoms with E-state index < -0.39 is 93.4 Å². The van der Waals surface area contributed by atoms with Gasteiger partial charge in [-0.15, -0.1) is 0 Å². The number of rotatable bonds is 4. The molecular weight excluding hydrogens is 616 g/mol. The Balaban J connectivity index is 2.06. The highest BCUT2D eigenvalue weighted by molar-refractivity contribution is 6.25. The van der Waals surface area contributed by atoms with E-state index in [0.29, 0.717) is 0 Å². The number of phenolic OH excluding ortho intramolecular Hbond substituents is 2. The zero-order valence-electron chi connectivity index (χ0n) is 27.4. The summed E-state index contributed by atoms with van der Waals surface area (Å²) in [6.45, 7) is 9.99. The van der Waals surface area contributed by atoms with Crippen molar-refractivity contribution in [2.45, 2.75) is 76.5 Å². The van der Waals surface area contributed by atoms with Gasteiger partial charge in [0.1, 0.15) is 11.9 Å². The number of ether oxygens (including phenoxy) is 1. The average molecular weight is 659 g/mol. The molecule has 6 atom stereocenters. The summed E-state index contributed by atoms with van der Waals surface area (Å²) in [5.74, 6) is -9.36. The highest BCUT2D eigenvalue weighted by Crippen LogP contribution is 2.60. The number of phenols is 2. The van der Waals surface area contributed by atoms with Gasteiger partial charge in [-0.2, -0.15) is 0 Å². The van der Waals surface area contributed by atoms with Crippen LogP contribution in [0.2, 0.25) is 0 Å². The highest BCUT2D eigenvalue weighted by Gasteiger charge is 2.71. The number of primary amides is 1. The van der Waals surface area contributed by atoms with Crippen LogP contribution in [0.15, 0.2) is 12.1 Å². The van der Waals surface area contributed by atoms with Gasteiger partial charge in [-0.25, -0.2) is 9.59 Å². The van der Waals surface area contributed by atoms with Gasteiger partial charge >= 0.3 is 12.1 Å². The number of nitrogens with one attached hydrogen (secondary N) is 3. The lowest BCUT2D eigenvalue weighted by Gasteiger charge is -2.55. The van der Waals surface area contributed by atoms with E-state index in [4.69, 9.17) is 16.2 Å². The Morgan fingerprint density at radius 2 is 1.51 bits per heavy atom. The summed E-state index contributed by atoms with van der Waals surface area (Å²) < 4.78 is 5.70. The summed E-state index contributed by atoms with van der Waals surface area (Å²) in [6, 6.07) is 0.405. The van der Waals surface area contributed by atoms with E-state index in [-0.39, 0.29) is 27.7 Å². The molecule has 2 aromatic carbocycles. The molecule has 2 aromatic rings. The lowest BCUT2D eigenvalue weighted by atomic mass is 9.56. The van der Waals surface area contributed by atoms with Crippen molar-refractivity contribution in [1.82, 2.24) is 15.5 Å². The third-order valence-electron chi connectivity index (χ3n) is 8.23. The van der Waals surface area contributed by atoms with Gasteiger partial charge in [0.25, 0.3) is 0 Å².